The summed E-state index contributed by atoms with van der Waals surface area (Å²) in [4.78, 5) is 21.9. The number of nitrogens with one attached hydrogen (secondary N) is 1. The van der Waals surface area contributed by atoms with Crippen LogP contribution >= 0.6 is 36.2 Å². The van der Waals surface area contributed by atoms with Crippen LogP contribution in [0, 0.1) is 0 Å². The predicted octanol–water partition coefficient (Wildman–Crippen LogP) is 2.04. The first-order valence-electron chi connectivity index (χ1n) is 7.76. The van der Waals surface area contributed by atoms with E-state index in [-0.39, 0.29) is 30.4 Å². The van der Waals surface area contributed by atoms with Gasteiger partial charge in [-0.1, -0.05) is 0 Å². The number of fused-ring (bicyclic) bond motifs is 3. The Kier molecular flexibility index (Phi) is 6.45. The van der Waals surface area contributed by atoms with Crippen LogP contribution in [0.4, 0.5) is 0 Å². The van der Waals surface area contributed by atoms with E-state index >= 15 is 0 Å². The van der Waals surface area contributed by atoms with Gasteiger partial charge in [0, 0.05) is 24.5 Å². The van der Waals surface area contributed by atoms with E-state index in [4.69, 9.17) is 0 Å². The quantitative estimate of drug-likeness (QED) is 0.890. The molecule has 23 heavy (non-hydrogen) atoms. The van der Waals surface area contributed by atoms with E-state index < -0.39 is 0 Å². The van der Waals surface area contributed by atoms with E-state index in [0.29, 0.717) is 0 Å². The molecule has 2 aliphatic rings. The van der Waals surface area contributed by atoms with E-state index in [9.17, 15) is 4.79 Å². The van der Waals surface area contributed by atoms with Crippen molar-refractivity contribution in [2.75, 3.05) is 26.2 Å². The molecule has 0 aliphatic carbocycles. The van der Waals surface area contributed by atoms with Crippen LogP contribution < -0.4 is 10.9 Å². The Bertz CT molecular complexity index is 724. The SMILES string of the molecule is Cl.Cl.O=c1c2c3c(sc2ncn1CCN1CCCC1)CNCC3. The predicted molar refractivity (Wildman–Crippen MR) is 99.5 cm³/mol. The van der Waals surface area contributed by atoms with Crippen LogP contribution in [0.1, 0.15) is 23.3 Å². The lowest BCUT2D eigenvalue weighted by molar-refractivity contribution is 0.320. The second-order valence-corrected chi connectivity index (χ2v) is 6.99. The lowest BCUT2D eigenvalue weighted by Gasteiger charge is -2.15. The Morgan fingerprint density at radius 1 is 1.22 bits per heavy atom. The number of rotatable bonds is 3. The number of thiophene rings is 1. The van der Waals surface area contributed by atoms with Crippen molar-refractivity contribution in [3.8, 4) is 0 Å². The van der Waals surface area contributed by atoms with Gasteiger partial charge < -0.3 is 10.2 Å². The molecule has 2 aliphatic heterocycles. The van der Waals surface area contributed by atoms with Crippen molar-refractivity contribution in [2.45, 2.75) is 32.4 Å². The van der Waals surface area contributed by atoms with Gasteiger partial charge in [-0.3, -0.25) is 9.36 Å². The molecule has 0 amide bonds. The molecular weight excluding hydrogens is 355 g/mol. The first kappa shape index (κ1) is 18.7. The summed E-state index contributed by atoms with van der Waals surface area (Å²) in [5.41, 5.74) is 1.39. The van der Waals surface area contributed by atoms with Crippen LogP contribution in [0.2, 0.25) is 0 Å². The largest absolute Gasteiger partial charge is 0.312 e. The molecule has 5 nitrogen and oxygen atoms in total. The average Bonchev–Trinajstić information content (AvgIpc) is 3.13. The van der Waals surface area contributed by atoms with E-state index in [1.807, 2.05) is 0 Å². The number of halogens is 2. The van der Waals surface area contributed by atoms with Crippen molar-refractivity contribution in [1.82, 2.24) is 19.8 Å². The maximum absolute atomic E-state index is 12.8. The smallest absolute Gasteiger partial charge is 0.262 e. The number of likely N-dealkylation sites (tertiary alicyclic amines) is 1. The molecule has 0 unspecified atom stereocenters. The summed E-state index contributed by atoms with van der Waals surface area (Å²) < 4.78 is 1.80. The minimum atomic E-state index is 0. The highest BCUT2D eigenvalue weighted by atomic mass is 35.5. The molecule has 1 N–H and O–H groups in total. The van der Waals surface area contributed by atoms with Crippen LogP contribution in [-0.4, -0.2) is 40.6 Å². The standard InChI is InChI=1S/C15H20N4OS.2ClH/c20-15-13-11-3-4-16-9-12(11)21-14(13)17-10-19(15)8-7-18-5-1-2-6-18;;/h10,16H,1-9H2;2*1H. The first-order valence-corrected chi connectivity index (χ1v) is 8.57. The van der Waals surface area contributed by atoms with E-state index in [0.717, 1.165) is 42.8 Å². The molecule has 2 aromatic rings. The summed E-state index contributed by atoms with van der Waals surface area (Å²) in [6.07, 6.45) is 5.26. The van der Waals surface area contributed by atoms with Gasteiger partial charge in [0.25, 0.3) is 5.56 Å². The van der Waals surface area contributed by atoms with Crippen molar-refractivity contribution in [1.29, 1.82) is 0 Å². The van der Waals surface area contributed by atoms with Crippen molar-refractivity contribution >= 4 is 46.4 Å². The van der Waals surface area contributed by atoms with Gasteiger partial charge in [-0.05, 0) is 44.5 Å². The molecule has 0 aromatic carbocycles. The van der Waals surface area contributed by atoms with E-state index in [1.54, 1.807) is 22.2 Å². The molecule has 1 saturated heterocycles. The van der Waals surface area contributed by atoms with Crippen molar-refractivity contribution in [2.24, 2.45) is 0 Å². The summed E-state index contributed by atoms with van der Waals surface area (Å²) in [5.74, 6) is 0. The third-order valence-electron chi connectivity index (χ3n) is 4.55. The van der Waals surface area contributed by atoms with Crippen LogP contribution in [0.5, 0.6) is 0 Å². The maximum atomic E-state index is 12.8. The molecule has 2 aromatic heterocycles. The van der Waals surface area contributed by atoms with Crippen molar-refractivity contribution < 1.29 is 0 Å². The minimum Gasteiger partial charge on any atom is -0.312 e. The Labute approximate surface area is 151 Å². The first-order chi connectivity index (χ1) is 10.3. The number of hydrogen-bond acceptors (Lipinski definition) is 5. The van der Waals surface area contributed by atoms with Gasteiger partial charge in [0.1, 0.15) is 4.83 Å². The van der Waals surface area contributed by atoms with Gasteiger partial charge in [-0.15, -0.1) is 36.2 Å². The Morgan fingerprint density at radius 3 is 2.78 bits per heavy atom. The fourth-order valence-corrected chi connectivity index (χ4v) is 4.51. The van der Waals surface area contributed by atoms with Gasteiger partial charge in [-0.2, -0.15) is 0 Å². The lowest BCUT2D eigenvalue weighted by atomic mass is 10.1. The molecule has 8 heteroatoms. The highest BCUT2D eigenvalue weighted by Gasteiger charge is 2.20. The second-order valence-electron chi connectivity index (χ2n) is 5.90. The van der Waals surface area contributed by atoms with Crippen LogP contribution in [0.25, 0.3) is 10.2 Å². The Morgan fingerprint density at radius 2 is 2.00 bits per heavy atom. The lowest BCUT2D eigenvalue weighted by Crippen LogP contribution is -2.30. The van der Waals surface area contributed by atoms with E-state index in [1.165, 1.54) is 36.4 Å². The maximum Gasteiger partial charge on any atom is 0.262 e. The van der Waals surface area contributed by atoms with E-state index in [2.05, 4.69) is 15.2 Å². The molecule has 4 heterocycles. The molecule has 1 fully saturated rings. The van der Waals surface area contributed by atoms with Crippen LogP contribution in [0.15, 0.2) is 11.1 Å². The zero-order chi connectivity index (χ0) is 14.2. The molecule has 0 radical (unpaired) electrons. The number of aromatic nitrogens is 2. The Balaban J connectivity index is 0.000000960. The van der Waals surface area contributed by atoms with Crippen molar-refractivity contribution in [3.63, 3.8) is 0 Å². The fourth-order valence-electron chi connectivity index (χ4n) is 3.36. The summed E-state index contributed by atoms with van der Waals surface area (Å²) in [6, 6.07) is 0. The summed E-state index contributed by atoms with van der Waals surface area (Å²) in [5, 5.41) is 4.24. The highest BCUT2D eigenvalue weighted by Crippen LogP contribution is 2.29. The third kappa shape index (κ3) is 3.56. The van der Waals surface area contributed by atoms with Crippen LogP contribution in [0.3, 0.4) is 0 Å². The number of hydrogen-bond donors (Lipinski definition) is 1. The molecule has 128 valence electrons. The molecular formula is C15H22Cl2N4OS. The molecule has 0 bridgehead atoms. The topological polar surface area (TPSA) is 50.2 Å². The van der Waals surface area contributed by atoms with Gasteiger partial charge in [0.15, 0.2) is 0 Å². The monoisotopic (exact) mass is 376 g/mol. The molecule has 4 rings (SSSR count). The zero-order valence-corrected chi connectivity index (χ0v) is 15.4. The van der Waals surface area contributed by atoms with Gasteiger partial charge in [0.2, 0.25) is 0 Å². The fraction of sp³-hybridized carbons (Fsp3) is 0.600. The van der Waals surface area contributed by atoms with Gasteiger partial charge in [0.05, 0.1) is 11.7 Å². The summed E-state index contributed by atoms with van der Waals surface area (Å²) >= 11 is 1.67. The number of nitrogens with zero attached hydrogens (tertiary/aromatic N) is 3. The summed E-state index contributed by atoms with van der Waals surface area (Å²) in [6.45, 7) is 5.89. The second kappa shape index (κ2) is 7.94. The van der Waals surface area contributed by atoms with Crippen LogP contribution in [-0.2, 0) is 19.5 Å². The Hall–Kier alpha value is -0.660. The molecule has 0 saturated carbocycles. The molecule has 0 atom stereocenters. The average molecular weight is 377 g/mol. The van der Waals surface area contributed by atoms with Crippen molar-refractivity contribution in [3.05, 3.63) is 27.1 Å². The summed E-state index contributed by atoms with van der Waals surface area (Å²) in [7, 11) is 0. The third-order valence-corrected chi connectivity index (χ3v) is 5.69. The normalized spacial score (nSPS) is 17.6. The van der Waals surface area contributed by atoms with Gasteiger partial charge in [-0.25, -0.2) is 4.98 Å². The molecule has 0 spiro atoms. The highest BCUT2D eigenvalue weighted by molar-refractivity contribution is 7.18. The minimum absolute atomic E-state index is 0. The van der Waals surface area contributed by atoms with Gasteiger partial charge >= 0.3 is 0 Å². The zero-order valence-electron chi connectivity index (χ0n) is 12.9.